The van der Waals surface area contributed by atoms with Gasteiger partial charge in [0.15, 0.2) is 0 Å². The summed E-state index contributed by atoms with van der Waals surface area (Å²) < 4.78 is 0. The van der Waals surface area contributed by atoms with Gasteiger partial charge in [-0.15, -0.1) is 0 Å². The molecular formula is C25H22. The minimum Gasteiger partial charge on any atom is -0.0991 e. The topological polar surface area (TPSA) is 0 Å². The van der Waals surface area contributed by atoms with E-state index in [1.807, 2.05) is 19.1 Å². The number of allylic oxidation sites excluding steroid dienone is 9. The lowest BCUT2D eigenvalue weighted by atomic mass is 9.84. The molecule has 0 unspecified atom stereocenters. The molecule has 0 atom stereocenters. The van der Waals surface area contributed by atoms with Crippen molar-refractivity contribution < 1.29 is 0 Å². The van der Waals surface area contributed by atoms with E-state index >= 15 is 0 Å². The molecule has 0 saturated carbocycles. The molecule has 0 N–H and O–H groups in total. The van der Waals surface area contributed by atoms with Gasteiger partial charge in [-0.2, -0.15) is 0 Å². The average molecular weight is 322 g/mol. The number of hydrogen-bond donors (Lipinski definition) is 0. The van der Waals surface area contributed by atoms with E-state index in [1.54, 1.807) is 6.08 Å². The SMILES string of the molecule is C=C\C=C/C1=C/c2ccccc2-c2ccccc2/C(C=C)=C1/C=C\C. The highest BCUT2D eigenvalue weighted by Gasteiger charge is 2.17. The van der Waals surface area contributed by atoms with Crippen LogP contribution in [0.4, 0.5) is 0 Å². The van der Waals surface area contributed by atoms with Crippen molar-refractivity contribution in [2.24, 2.45) is 0 Å². The molecule has 25 heavy (non-hydrogen) atoms. The van der Waals surface area contributed by atoms with Crippen molar-refractivity contribution in [2.45, 2.75) is 6.92 Å². The third-order valence-electron chi connectivity index (χ3n) is 4.33. The Labute approximate surface area is 150 Å². The van der Waals surface area contributed by atoms with Crippen LogP contribution in [0, 0.1) is 0 Å². The highest BCUT2D eigenvalue weighted by molar-refractivity contribution is 5.95. The first-order chi connectivity index (χ1) is 12.3. The van der Waals surface area contributed by atoms with Crippen LogP contribution in [0.2, 0.25) is 0 Å². The van der Waals surface area contributed by atoms with Gasteiger partial charge in [0.1, 0.15) is 0 Å². The van der Waals surface area contributed by atoms with Crippen molar-refractivity contribution in [1.82, 2.24) is 0 Å². The molecule has 0 radical (unpaired) electrons. The van der Waals surface area contributed by atoms with Crippen molar-refractivity contribution in [3.63, 3.8) is 0 Å². The van der Waals surface area contributed by atoms with Crippen LogP contribution in [-0.2, 0) is 0 Å². The molecule has 0 fully saturated rings. The molecule has 0 aromatic heterocycles. The number of rotatable bonds is 4. The van der Waals surface area contributed by atoms with Gasteiger partial charge < -0.3 is 0 Å². The lowest BCUT2D eigenvalue weighted by molar-refractivity contribution is 1.48. The molecule has 1 aliphatic rings. The monoisotopic (exact) mass is 322 g/mol. The van der Waals surface area contributed by atoms with Crippen LogP contribution in [0.5, 0.6) is 0 Å². The minimum atomic E-state index is 1.14. The van der Waals surface area contributed by atoms with Crippen molar-refractivity contribution >= 4 is 11.6 Å². The largest absolute Gasteiger partial charge is 0.0991 e. The molecule has 0 amide bonds. The van der Waals surface area contributed by atoms with E-state index < -0.39 is 0 Å². The minimum absolute atomic E-state index is 1.14. The Morgan fingerprint density at radius 1 is 0.760 bits per heavy atom. The van der Waals surface area contributed by atoms with Crippen molar-refractivity contribution in [3.8, 4) is 11.1 Å². The summed E-state index contributed by atoms with van der Waals surface area (Å²) in [7, 11) is 0. The van der Waals surface area contributed by atoms with Crippen LogP contribution in [0.3, 0.4) is 0 Å². The molecule has 2 aromatic rings. The van der Waals surface area contributed by atoms with E-state index in [1.165, 1.54) is 22.3 Å². The van der Waals surface area contributed by atoms with E-state index in [0.717, 1.165) is 16.7 Å². The average Bonchev–Trinajstić information content (AvgIpc) is 2.65. The van der Waals surface area contributed by atoms with E-state index in [0.29, 0.717) is 0 Å². The van der Waals surface area contributed by atoms with Gasteiger partial charge >= 0.3 is 0 Å². The third kappa shape index (κ3) is 3.25. The summed E-state index contributed by atoms with van der Waals surface area (Å²) in [6, 6.07) is 17.1. The van der Waals surface area contributed by atoms with Gasteiger partial charge in [0.25, 0.3) is 0 Å². The van der Waals surface area contributed by atoms with E-state index in [4.69, 9.17) is 0 Å². The summed E-state index contributed by atoms with van der Waals surface area (Å²) in [5, 5.41) is 0. The summed E-state index contributed by atoms with van der Waals surface area (Å²) >= 11 is 0. The zero-order chi connectivity index (χ0) is 17.6. The fraction of sp³-hybridized carbons (Fsp3) is 0.0400. The van der Waals surface area contributed by atoms with Crippen LogP contribution in [0.25, 0.3) is 22.8 Å². The zero-order valence-corrected chi connectivity index (χ0v) is 14.6. The van der Waals surface area contributed by atoms with Crippen LogP contribution in [0.1, 0.15) is 18.1 Å². The number of hydrogen-bond acceptors (Lipinski definition) is 0. The molecule has 3 rings (SSSR count). The summed E-state index contributed by atoms with van der Waals surface area (Å²) in [4.78, 5) is 0. The van der Waals surface area contributed by atoms with Gasteiger partial charge in [-0.05, 0) is 52.0 Å². The first kappa shape index (κ1) is 16.7. The second kappa shape index (κ2) is 7.63. The number of benzene rings is 2. The van der Waals surface area contributed by atoms with Crippen molar-refractivity contribution in [2.75, 3.05) is 0 Å². The predicted octanol–water partition coefficient (Wildman–Crippen LogP) is 7.01. The van der Waals surface area contributed by atoms with E-state index in [9.17, 15) is 0 Å². The molecule has 122 valence electrons. The highest BCUT2D eigenvalue weighted by atomic mass is 14.2. The third-order valence-corrected chi connectivity index (χ3v) is 4.33. The standard InChI is InChI=1S/C25H22/c1-4-7-13-19-18-20-14-8-9-15-23(20)25-17-11-10-16-24(25)21(6-3)22(19)12-5-2/h4-18H,1,3H2,2H3/b12-5-,13-7-,19-18-,20-18?,22-19?,22-21-,24-21?,25-23?. The first-order valence-corrected chi connectivity index (χ1v) is 8.49. The van der Waals surface area contributed by atoms with Crippen LogP contribution < -0.4 is 0 Å². The van der Waals surface area contributed by atoms with Gasteiger partial charge in [-0.3, -0.25) is 0 Å². The Balaban J connectivity index is 2.45. The molecule has 0 aliphatic heterocycles. The molecule has 0 heteroatoms. The van der Waals surface area contributed by atoms with E-state index in [2.05, 4.69) is 86.0 Å². The van der Waals surface area contributed by atoms with Crippen molar-refractivity contribution in [1.29, 1.82) is 0 Å². The Morgan fingerprint density at radius 2 is 1.44 bits per heavy atom. The molecule has 2 aromatic carbocycles. The Kier molecular flexibility index (Phi) is 5.11. The molecule has 0 bridgehead atoms. The molecular weight excluding hydrogens is 300 g/mol. The summed E-state index contributed by atoms with van der Waals surface area (Å²) in [6.07, 6.45) is 14.3. The summed E-state index contributed by atoms with van der Waals surface area (Å²) in [5.41, 5.74) is 8.34. The number of fused-ring (bicyclic) bond motifs is 3. The van der Waals surface area contributed by atoms with Crippen LogP contribution in [-0.4, -0.2) is 0 Å². The molecule has 0 nitrogen and oxygen atoms in total. The van der Waals surface area contributed by atoms with Gasteiger partial charge in [0.05, 0.1) is 0 Å². The fourth-order valence-electron chi connectivity index (χ4n) is 3.25. The lowest BCUT2D eigenvalue weighted by Gasteiger charge is -2.20. The fourth-order valence-corrected chi connectivity index (χ4v) is 3.25. The molecule has 0 saturated heterocycles. The maximum Gasteiger partial charge on any atom is -0.00992 e. The quantitative estimate of drug-likeness (QED) is 0.531. The van der Waals surface area contributed by atoms with Crippen molar-refractivity contribution in [3.05, 3.63) is 120 Å². The highest BCUT2D eigenvalue weighted by Crippen LogP contribution is 2.39. The molecule has 0 spiro atoms. The Bertz CT molecular complexity index is 930. The smallest absolute Gasteiger partial charge is 0.00992 e. The van der Waals surface area contributed by atoms with Crippen LogP contribution >= 0.6 is 0 Å². The predicted molar refractivity (Wildman–Crippen MR) is 111 cm³/mol. The molecule has 0 heterocycles. The Hall–Kier alpha value is -3.12. The second-order valence-corrected chi connectivity index (χ2v) is 5.86. The van der Waals surface area contributed by atoms with Gasteiger partial charge in [-0.1, -0.05) is 98.1 Å². The molecule has 1 aliphatic carbocycles. The van der Waals surface area contributed by atoms with Gasteiger partial charge in [0, 0.05) is 0 Å². The van der Waals surface area contributed by atoms with Gasteiger partial charge in [-0.25, -0.2) is 0 Å². The lowest BCUT2D eigenvalue weighted by Crippen LogP contribution is -1.98. The summed E-state index contributed by atoms with van der Waals surface area (Å²) in [5.74, 6) is 0. The summed E-state index contributed by atoms with van der Waals surface area (Å²) in [6.45, 7) is 9.95. The van der Waals surface area contributed by atoms with E-state index in [-0.39, 0.29) is 0 Å². The zero-order valence-electron chi connectivity index (χ0n) is 14.6. The Morgan fingerprint density at radius 3 is 2.12 bits per heavy atom. The normalized spacial score (nSPS) is 18.8. The maximum atomic E-state index is 4.10. The van der Waals surface area contributed by atoms with Crippen LogP contribution in [0.15, 0.2) is 109 Å². The second-order valence-electron chi connectivity index (χ2n) is 5.86. The van der Waals surface area contributed by atoms with Gasteiger partial charge in [0.2, 0.25) is 0 Å². The maximum absolute atomic E-state index is 4.10. The first-order valence-electron chi connectivity index (χ1n) is 8.49.